The van der Waals surface area contributed by atoms with Crippen LogP contribution >= 0.6 is 0 Å². The highest BCUT2D eigenvalue weighted by Crippen LogP contribution is 2.36. The summed E-state index contributed by atoms with van der Waals surface area (Å²) in [7, 11) is 0. The van der Waals surface area contributed by atoms with E-state index in [2.05, 4.69) is 12.1 Å². The Hall–Kier alpha value is -2.27. The zero-order chi connectivity index (χ0) is 13.8. The molecule has 1 aliphatic carbocycles. The van der Waals surface area contributed by atoms with Crippen molar-refractivity contribution in [3.63, 3.8) is 0 Å². The van der Waals surface area contributed by atoms with Gasteiger partial charge in [-0.3, -0.25) is 0 Å². The number of hydrogen-bond donors (Lipinski definition) is 0. The van der Waals surface area contributed by atoms with E-state index in [0.717, 1.165) is 23.7 Å². The maximum absolute atomic E-state index is 9.26. The molecule has 100 valence electrons. The van der Waals surface area contributed by atoms with Crippen LogP contribution in [0, 0.1) is 17.2 Å². The fourth-order valence-corrected chi connectivity index (χ4v) is 2.37. The highest BCUT2D eigenvalue weighted by molar-refractivity contribution is 5.49. The third-order valence-corrected chi connectivity index (χ3v) is 3.65. The number of hydrogen-bond acceptors (Lipinski definition) is 2. The average molecular weight is 263 g/mol. The molecule has 1 aliphatic rings. The molecule has 0 amide bonds. The van der Waals surface area contributed by atoms with Crippen molar-refractivity contribution in [2.24, 2.45) is 5.92 Å². The summed E-state index contributed by atoms with van der Waals surface area (Å²) in [6, 6.07) is 18.2. The van der Waals surface area contributed by atoms with Gasteiger partial charge in [0, 0.05) is 0 Å². The number of benzene rings is 2. The minimum absolute atomic E-state index is 0.511. The Labute approximate surface area is 119 Å². The lowest BCUT2D eigenvalue weighted by Gasteiger charge is -2.13. The Kier molecular flexibility index (Phi) is 3.69. The number of ether oxygens (including phenoxy) is 1. The van der Waals surface area contributed by atoms with Crippen molar-refractivity contribution in [3.05, 3.63) is 65.2 Å². The number of nitriles is 1. The molecule has 3 rings (SSSR count). The lowest BCUT2D eigenvalue weighted by molar-refractivity contribution is 0.301. The van der Waals surface area contributed by atoms with E-state index < -0.39 is 0 Å². The predicted octanol–water partition coefficient (Wildman–Crippen LogP) is 4.09. The van der Waals surface area contributed by atoms with Crippen molar-refractivity contribution in [1.29, 1.82) is 5.26 Å². The fourth-order valence-electron chi connectivity index (χ4n) is 2.37. The molecule has 0 atom stereocenters. The monoisotopic (exact) mass is 263 g/mol. The van der Waals surface area contributed by atoms with Gasteiger partial charge in [-0.2, -0.15) is 5.26 Å². The van der Waals surface area contributed by atoms with E-state index in [0.29, 0.717) is 12.2 Å². The lowest BCUT2D eigenvalue weighted by atomic mass is 10.0. The third-order valence-electron chi connectivity index (χ3n) is 3.65. The van der Waals surface area contributed by atoms with Crippen LogP contribution in [0.15, 0.2) is 48.5 Å². The third kappa shape index (κ3) is 3.00. The van der Waals surface area contributed by atoms with Gasteiger partial charge in [-0.1, -0.05) is 42.5 Å². The molecule has 0 saturated heterocycles. The maximum atomic E-state index is 9.26. The van der Waals surface area contributed by atoms with Crippen LogP contribution in [0.4, 0.5) is 0 Å². The molecule has 2 aromatic carbocycles. The van der Waals surface area contributed by atoms with Gasteiger partial charge in [-0.15, -0.1) is 0 Å². The first-order chi connectivity index (χ1) is 9.86. The fraction of sp³-hybridized carbons (Fsp3) is 0.278. The van der Waals surface area contributed by atoms with E-state index >= 15 is 0 Å². The number of nitrogens with zero attached hydrogens (tertiary/aromatic N) is 1. The highest BCUT2D eigenvalue weighted by Gasteiger charge is 2.23. The summed E-state index contributed by atoms with van der Waals surface area (Å²) in [6.45, 7) is 0.511. The van der Waals surface area contributed by atoms with Crippen LogP contribution in [-0.2, 0) is 13.0 Å². The summed E-state index contributed by atoms with van der Waals surface area (Å²) in [5.74, 6) is 1.55. The summed E-state index contributed by atoms with van der Waals surface area (Å²) in [5, 5.41) is 9.26. The number of rotatable bonds is 5. The second-order valence-electron chi connectivity index (χ2n) is 5.33. The van der Waals surface area contributed by atoms with Crippen LogP contribution in [0.3, 0.4) is 0 Å². The molecule has 0 aliphatic heterocycles. The first kappa shape index (κ1) is 12.7. The maximum Gasteiger partial charge on any atom is 0.140 e. The van der Waals surface area contributed by atoms with E-state index in [-0.39, 0.29) is 0 Å². The highest BCUT2D eigenvalue weighted by atomic mass is 16.5. The summed E-state index contributed by atoms with van der Waals surface area (Å²) in [4.78, 5) is 0. The first-order valence-corrected chi connectivity index (χ1v) is 7.05. The Morgan fingerprint density at radius 2 is 1.85 bits per heavy atom. The van der Waals surface area contributed by atoms with Crippen LogP contribution in [-0.4, -0.2) is 0 Å². The molecule has 0 N–H and O–H groups in total. The Balaban J connectivity index is 1.81. The summed E-state index contributed by atoms with van der Waals surface area (Å²) in [6.07, 6.45) is 3.63. The van der Waals surface area contributed by atoms with Gasteiger partial charge < -0.3 is 4.74 Å². The van der Waals surface area contributed by atoms with Crippen molar-refractivity contribution in [2.75, 3.05) is 0 Å². The van der Waals surface area contributed by atoms with Gasteiger partial charge in [0.25, 0.3) is 0 Å². The molecular formula is C18H17NO. The molecular weight excluding hydrogens is 246 g/mol. The second-order valence-corrected chi connectivity index (χ2v) is 5.33. The summed E-state index contributed by atoms with van der Waals surface area (Å²) >= 11 is 0. The van der Waals surface area contributed by atoms with Crippen molar-refractivity contribution < 1.29 is 4.74 Å². The minimum Gasteiger partial charge on any atom is -0.487 e. The molecule has 0 spiro atoms. The van der Waals surface area contributed by atoms with Gasteiger partial charge >= 0.3 is 0 Å². The molecule has 1 saturated carbocycles. The smallest absolute Gasteiger partial charge is 0.140 e. The molecule has 2 aromatic rings. The summed E-state index contributed by atoms with van der Waals surface area (Å²) < 4.78 is 5.95. The Morgan fingerprint density at radius 3 is 2.55 bits per heavy atom. The average Bonchev–Trinajstić information content (AvgIpc) is 3.31. The van der Waals surface area contributed by atoms with E-state index in [1.54, 1.807) is 0 Å². The normalized spacial score (nSPS) is 13.8. The van der Waals surface area contributed by atoms with Crippen LogP contribution in [0.1, 0.15) is 29.5 Å². The van der Waals surface area contributed by atoms with E-state index in [4.69, 9.17) is 4.74 Å². The Bertz CT molecular complexity index is 624. The van der Waals surface area contributed by atoms with Gasteiger partial charge in [-0.05, 0) is 42.4 Å². The largest absolute Gasteiger partial charge is 0.487 e. The van der Waals surface area contributed by atoms with Gasteiger partial charge in [0.1, 0.15) is 18.4 Å². The minimum atomic E-state index is 0.511. The molecule has 0 aromatic heterocycles. The lowest BCUT2D eigenvalue weighted by Crippen LogP contribution is -2.01. The van der Waals surface area contributed by atoms with Crippen LogP contribution in [0.2, 0.25) is 0 Å². The molecule has 0 heterocycles. The van der Waals surface area contributed by atoms with Crippen molar-refractivity contribution in [1.82, 2.24) is 0 Å². The quantitative estimate of drug-likeness (QED) is 0.814. The van der Waals surface area contributed by atoms with Crippen LogP contribution < -0.4 is 4.74 Å². The van der Waals surface area contributed by atoms with Gasteiger partial charge in [0.05, 0.1) is 5.56 Å². The summed E-state index contributed by atoms with van der Waals surface area (Å²) in [5.41, 5.74) is 2.93. The standard InChI is InChI=1S/C18H17NO/c19-12-17-8-4-7-16(11-14-9-10-14)18(17)20-13-15-5-2-1-3-6-15/h1-8,14H,9-11,13H2. The Morgan fingerprint density at radius 1 is 1.05 bits per heavy atom. The molecule has 2 heteroatoms. The van der Waals surface area contributed by atoms with Crippen LogP contribution in [0.5, 0.6) is 5.75 Å². The van der Waals surface area contributed by atoms with Crippen molar-refractivity contribution in [3.8, 4) is 11.8 Å². The van der Waals surface area contributed by atoms with Crippen LogP contribution in [0.25, 0.3) is 0 Å². The van der Waals surface area contributed by atoms with Crippen molar-refractivity contribution in [2.45, 2.75) is 25.9 Å². The molecule has 0 bridgehead atoms. The predicted molar refractivity (Wildman–Crippen MR) is 78.4 cm³/mol. The zero-order valence-electron chi connectivity index (χ0n) is 11.4. The van der Waals surface area contributed by atoms with Gasteiger partial charge in [-0.25, -0.2) is 0 Å². The van der Waals surface area contributed by atoms with Crippen molar-refractivity contribution >= 4 is 0 Å². The zero-order valence-corrected chi connectivity index (χ0v) is 11.4. The first-order valence-electron chi connectivity index (χ1n) is 7.05. The van der Waals surface area contributed by atoms with E-state index in [1.165, 1.54) is 18.4 Å². The molecule has 1 fully saturated rings. The van der Waals surface area contributed by atoms with E-state index in [9.17, 15) is 5.26 Å². The SMILES string of the molecule is N#Cc1cccc(CC2CC2)c1OCc1ccccc1. The van der Waals surface area contributed by atoms with Gasteiger partial charge in [0.15, 0.2) is 0 Å². The topological polar surface area (TPSA) is 33.0 Å². The molecule has 2 nitrogen and oxygen atoms in total. The molecule has 20 heavy (non-hydrogen) atoms. The number of para-hydroxylation sites is 1. The van der Waals surface area contributed by atoms with Gasteiger partial charge in [0.2, 0.25) is 0 Å². The molecule has 0 radical (unpaired) electrons. The van der Waals surface area contributed by atoms with E-state index in [1.807, 2.05) is 42.5 Å². The molecule has 0 unspecified atom stereocenters. The second kappa shape index (κ2) is 5.79.